The summed E-state index contributed by atoms with van der Waals surface area (Å²) in [7, 11) is -1.58. The van der Waals surface area contributed by atoms with Crippen LogP contribution in [0, 0.1) is 0 Å². The van der Waals surface area contributed by atoms with Gasteiger partial charge >= 0.3 is 0 Å². The van der Waals surface area contributed by atoms with E-state index in [-0.39, 0.29) is 12.2 Å². The monoisotopic (exact) mass is 379 g/mol. The lowest BCUT2D eigenvalue weighted by Gasteiger charge is -2.12. The summed E-state index contributed by atoms with van der Waals surface area (Å²) in [6.07, 6.45) is 2.58. The number of rotatable bonds is 8. The summed E-state index contributed by atoms with van der Waals surface area (Å²) in [4.78, 5) is 16.1. The highest BCUT2D eigenvalue weighted by molar-refractivity contribution is 7.90. The molecule has 8 nitrogen and oxygen atoms in total. The molecule has 1 aromatic heterocycles. The number of nitrogens with two attached hydrogens (primary N) is 1. The molecule has 0 saturated heterocycles. The highest BCUT2D eigenvalue weighted by Gasteiger charge is 2.16. The van der Waals surface area contributed by atoms with E-state index >= 15 is 0 Å². The Kier molecular flexibility index (Phi) is 6.53. The van der Waals surface area contributed by atoms with Gasteiger partial charge in [-0.25, -0.2) is 13.4 Å². The van der Waals surface area contributed by atoms with Gasteiger partial charge in [-0.3, -0.25) is 4.79 Å². The van der Waals surface area contributed by atoms with Gasteiger partial charge in [0.1, 0.15) is 21.3 Å². The van der Waals surface area contributed by atoms with Crippen LogP contribution in [0.5, 0.6) is 17.4 Å². The number of ether oxygens (including phenoxy) is 2. The number of carbonyl (C=O) groups is 1. The van der Waals surface area contributed by atoms with E-state index in [4.69, 9.17) is 15.2 Å². The molecule has 0 bridgehead atoms. The van der Waals surface area contributed by atoms with Gasteiger partial charge in [-0.1, -0.05) is 0 Å². The molecule has 0 aliphatic carbocycles. The number of nitrogens with zero attached hydrogens (tertiary/aromatic N) is 1. The third-order valence-electron chi connectivity index (χ3n) is 3.42. The first-order chi connectivity index (χ1) is 12.3. The normalized spacial score (nSPS) is 12.3. The molecule has 0 radical (unpaired) electrons. The van der Waals surface area contributed by atoms with Crippen molar-refractivity contribution in [3.05, 3.63) is 42.6 Å². The Morgan fingerprint density at radius 3 is 2.38 bits per heavy atom. The van der Waals surface area contributed by atoms with Gasteiger partial charge in [0.15, 0.2) is 0 Å². The first kappa shape index (κ1) is 19.7. The van der Waals surface area contributed by atoms with Gasteiger partial charge < -0.3 is 20.5 Å². The second-order valence-electron chi connectivity index (χ2n) is 5.68. The number of hydrogen-bond donors (Lipinski definition) is 2. The van der Waals surface area contributed by atoms with Crippen LogP contribution in [0.4, 0.5) is 5.69 Å². The molecule has 26 heavy (non-hydrogen) atoms. The summed E-state index contributed by atoms with van der Waals surface area (Å²) in [5, 5.41) is 2.59. The van der Waals surface area contributed by atoms with Crippen LogP contribution < -0.4 is 20.5 Å². The largest absolute Gasteiger partial charge is 0.497 e. The summed E-state index contributed by atoms with van der Waals surface area (Å²) in [6.45, 7) is 0. The Morgan fingerprint density at radius 2 is 1.85 bits per heavy atom. The van der Waals surface area contributed by atoms with Gasteiger partial charge in [-0.15, -0.1) is 0 Å². The Morgan fingerprint density at radius 1 is 1.19 bits per heavy atom. The number of nitrogens with one attached hydrogen (secondary N) is 1. The summed E-state index contributed by atoms with van der Waals surface area (Å²) >= 11 is 0. The molecule has 1 amide bonds. The minimum Gasteiger partial charge on any atom is -0.497 e. The number of benzene rings is 1. The van der Waals surface area contributed by atoms with Crippen LogP contribution in [-0.2, 0) is 14.6 Å². The molecule has 0 fully saturated rings. The highest BCUT2D eigenvalue weighted by atomic mass is 32.2. The molecule has 0 saturated carbocycles. The van der Waals surface area contributed by atoms with Gasteiger partial charge in [0.05, 0.1) is 30.8 Å². The quantitative estimate of drug-likeness (QED) is 0.714. The third kappa shape index (κ3) is 6.34. The Hall–Kier alpha value is -2.65. The molecule has 1 unspecified atom stereocenters. The number of carbonyl (C=O) groups excluding carboxylic acids is 1. The van der Waals surface area contributed by atoms with Crippen LogP contribution in [-0.4, -0.2) is 44.5 Å². The van der Waals surface area contributed by atoms with Crippen LogP contribution >= 0.6 is 0 Å². The summed E-state index contributed by atoms with van der Waals surface area (Å²) < 4.78 is 32.9. The fourth-order valence-corrected chi connectivity index (χ4v) is 2.67. The minimum absolute atomic E-state index is 0.0523. The van der Waals surface area contributed by atoms with Crippen molar-refractivity contribution in [1.29, 1.82) is 0 Å². The van der Waals surface area contributed by atoms with Crippen molar-refractivity contribution in [2.45, 2.75) is 12.5 Å². The molecular formula is C17H21N3O5S. The smallest absolute Gasteiger partial charge is 0.241 e. The van der Waals surface area contributed by atoms with E-state index in [1.54, 1.807) is 43.5 Å². The SMILES string of the molecule is COc1ccc(Oc2ccc(NC(=O)C(N)CCS(C)(=O)=O)cn2)cc1. The summed E-state index contributed by atoms with van der Waals surface area (Å²) in [5.41, 5.74) is 6.13. The van der Waals surface area contributed by atoms with E-state index in [2.05, 4.69) is 10.3 Å². The van der Waals surface area contributed by atoms with E-state index in [1.807, 2.05) is 0 Å². The second kappa shape index (κ2) is 8.63. The number of methoxy groups -OCH3 is 1. The zero-order chi connectivity index (χ0) is 19.2. The fourth-order valence-electron chi connectivity index (χ4n) is 1.99. The number of aromatic nitrogens is 1. The van der Waals surface area contributed by atoms with Crippen molar-refractivity contribution in [1.82, 2.24) is 4.98 Å². The first-order valence-electron chi connectivity index (χ1n) is 7.79. The average molecular weight is 379 g/mol. The maximum Gasteiger partial charge on any atom is 0.241 e. The lowest BCUT2D eigenvalue weighted by atomic mass is 10.2. The van der Waals surface area contributed by atoms with Crippen LogP contribution in [0.25, 0.3) is 0 Å². The third-order valence-corrected chi connectivity index (χ3v) is 4.40. The molecule has 1 heterocycles. The molecule has 140 valence electrons. The van der Waals surface area contributed by atoms with Crippen molar-refractivity contribution < 1.29 is 22.7 Å². The Balaban J connectivity index is 1.90. The molecular weight excluding hydrogens is 358 g/mol. The second-order valence-corrected chi connectivity index (χ2v) is 7.94. The van der Waals surface area contributed by atoms with Crippen LogP contribution in [0.15, 0.2) is 42.6 Å². The van der Waals surface area contributed by atoms with Gasteiger partial charge in [0.25, 0.3) is 0 Å². The van der Waals surface area contributed by atoms with E-state index in [9.17, 15) is 13.2 Å². The van der Waals surface area contributed by atoms with Gasteiger partial charge in [0, 0.05) is 12.3 Å². The molecule has 2 aromatic rings. The first-order valence-corrected chi connectivity index (χ1v) is 9.85. The van der Waals surface area contributed by atoms with Crippen molar-refractivity contribution in [2.75, 3.05) is 24.4 Å². The van der Waals surface area contributed by atoms with Crippen LogP contribution in [0.3, 0.4) is 0 Å². The zero-order valence-corrected chi connectivity index (χ0v) is 15.3. The molecule has 2 rings (SSSR count). The van der Waals surface area contributed by atoms with Crippen molar-refractivity contribution in [2.24, 2.45) is 5.73 Å². The molecule has 3 N–H and O–H groups in total. The lowest BCUT2D eigenvalue weighted by molar-refractivity contribution is -0.117. The fraction of sp³-hybridized carbons (Fsp3) is 0.294. The number of amides is 1. The van der Waals surface area contributed by atoms with E-state index < -0.39 is 21.8 Å². The Bertz CT molecular complexity index is 836. The maximum atomic E-state index is 12.0. The molecule has 1 atom stereocenters. The minimum atomic E-state index is -3.16. The van der Waals surface area contributed by atoms with Crippen molar-refractivity contribution >= 4 is 21.4 Å². The number of anilines is 1. The lowest BCUT2D eigenvalue weighted by Crippen LogP contribution is -2.37. The van der Waals surface area contributed by atoms with Gasteiger partial charge in [0.2, 0.25) is 11.8 Å². The van der Waals surface area contributed by atoms with E-state index in [1.165, 1.54) is 6.20 Å². The predicted molar refractivity (Wildman–Crippen MR) is 98.2 cm³/mol. The molecule has 0 aliphatic heterocycles. The standard InChI is InChI=1S/C17H21N3O5S/c1-24-13-4-6-14(7-5-13)25-16-8-3-12(11-19-16)20-17(21)15(18)9-10-26(2,22)23/h3-8,11,15H,9-10,18H2,1-2H3,(H,20,21). The molecule has 0 aliphatic rings. The van der Waals surface area contributed by atoms with Crippen LogP contribution in [0.2, 0.25) is 0 Å². The topological polar surface area (TPSA) is 121 Å². The summed E-state index contributed by atoms with van der Waals surface area (Å²) in [6, 6.07) is 9.33. The molecule has 9 heteroatoms. The Labute approximate surface area is 152 Å². The van der Waals surface area contributed by atoms with Crippen LogP contribution in [0.1, 0.15) is 6.42 Å². The molecule has 1 aromatic carbocycles. The zero-order valence-electron chi connectivity index (χ0n) is 14.5. The van der Waals surface area contributed by atoms with E-state index in [0.717, 1.165) is 12.0 Å². The van der Waals surface area contributed by atoms with Crippen molar-refractivity contribution in [3.63, 3.8) is 0 Å². The van der Waals surface area contributed by atoms with Gasteiger partial charge in [-0.05, 0) is 36.8 Å². The maximum absolute atomic E-state index is 12.0. The van der Waals surface area contributed by atoms with E-state index in [0.29, 0.717) is 17.3 Å². The number of pyridine rings is 1. The highest BCUT2D eigenvalue weighted by Crippen LogP contribution is 2.23. The average Bonchev–Trinajstić information content (AvgIpc) is 2.61. The molecule has 0 spiro atoms. The number of sulfone groups is 1. The van der Waals surface area contributed by atoms with Gasteiger partial charge in [-0.2, -0.15) is 0 Å². The van der Waals surface area contributed by atoms with Crippen molar-refractivity contribution in [3.8, 4) is 17.4 Å². The predicted octanol–water partition coefficient (Wildman–Crippen LogP) is 1.58. The summed E-state index contributed by atoms with van der Waals surface area (Å²) in [5.74, 6) is 1.05. The number of hydrogen-bond acceptors (Lipinski definition) is 7.